The Balaban J connectivity index is 1.10. The third-order valence-corrected chi connectivity index (χ3v) is 8.00. The standard InChI is InChI=1S/C25H38N6S/c1-25(2,3)24-26-21(19-6-4-7-19)18-22(27-24)30-15-13-29(14-16-30)11-5-17-32-23-10-12-31(28-23)20-8-9-20/h10,12,18-20H,4-9,11,13-17H2,1-3H3. The molecule has 1 saturated heterocycles. The summed E-state index contributed by atoms with van der Waals surface area (Å²) in [7, 11) is 0. The average Bonchev–Trinajstić information content (AvgIpc) is 3.48. The molecule has 2 saturated carbocycles. The zero-order valence-corrected chi connectivity index (χ0v) is 20.8. The van der Waals surface area contributed by atoms with E-state index >= 15 is 0 Å². The van der Waals surface area contributed by atoms with Crippen LogP contribution in [-0.2, 0) is 5.41 Å². The monoisotopic (exact) mass is 454 g/mol. The Morgan fingerprint density at radius 3 is 2.47 bits per heavy atom. The summed E-state index contributed by atoms with van der Waals surface area (Å²) in [5.74, 6) is 3.94. The van der Waals surface area contributed by atoms with Gasteiger partial charge in [0.05, 0.1) is 6.04 Å². The highest BCUT2D eigenvalue weighted by Crippen LogP contribution is 2.37. The molecule has 2 aliphatic carbocycles. The highest BCUT2D eigenvalue weighted by molar-refractivity contribution is 7.99. The van der Waals surface area contributed by atoms with Crippen LogP contribution in [0.1, 0.15) is 82.8 Å². The molecule has 174 valence electrons. The number of hydrogen-bond donors (Lipinski definition) is 0. The Kier molecular flexibility index (Phi) is 6.48. The van der Waals surface area contributed by atoms with Gasteiger partial charge in [0.1, 0.15) is 16.7 Å². The minimum absolute atomic E-state index is 0.0114. The van der Waals surface area contributed by atoms with Gasteiger partial charge in [-0.15, -0.1) is 11.8 Å². The molecule has 3 aliphatic rings. The van der Waals surface area contributed by atoms with Gasteiger partial charge in [0.25, 0.3) is 0 Å². The molecule has 0 radical (unpaired) electrons. The van der Waals surface area contributed by atoms with Crippen LogP contribution in [0.2, 0.25) is 0 Å². The first kappa shape index (κ1) is 22.2. The van der Waals surface area contributed by atoms with Crippen molar-refractivity contribution in [2.75, 3.05) is 43.4 Å². The first-order chi connectivity index (χ1) is 15.5. The van der Waals surface area contributed by atoms with Crippen molar-refractivity contribution in [2.24, 2.45) is 0 Å². The number of rotatable bonds is 8. The van der Waals surface area contributed by atoms with E-state index in [0.29, 0.717) is 12.0 Å². The topological polar surface area (TPSA) is 50.1 Å². The number of nitrogens with zero attached hydrogens (tertiary/aromatic N) is 6. The molecule has 7 heteroatoms. The van der Waals surface area contributed by atoms with Crippen LogP contribution in [-0.4, -0.2) is 63.1 Å². The van der Waals surface area contributed by atoms with E-state index in [9.17, 15) is 0 Å². The Hall–Kier alpha value is -1.60. The fraction of sp³-hybridized carbons (Fsp3) is 0.720. The summed E-state index contributed by atoms with van der Waals surface area (Å²) in [4.78, 5) is 15.1. The number of aromatic nitrogens is 4. The van der Waals surface area contributed by atoms with Crippen LogP contribution in [0, 0.1) is 0 Å². The molecule has 2 aromatic heterocycles. The van der Waals surface area contributed by atoms with Gasteiger partial charge in [0, 0.05) is 61.2 Å². The van der Waals surface area contributed by atoms with Gasteiger partial charge in [-0.3, -0.25) is 9.58 Å². The van der Waals surface area contributed by atoms with Gasteiger partial charge in [-0.25, -0.2) is 9.97 Å². The molecule has 2 aromatic rings. The fourth-order valence-corrected chi connectivity index (χ4v) is 5.26. The molecule has 3 heterocycles. The number of anilines is 1. The molecule has 0 spiro atoms. The maximum Gasteiger partial charge on any atom is 0.136 e. The van der Waals surface area contributed by atoms with E-state index in [2.05, 4.69) is 53.6 Å². The van der Waals surface area contributed by atoms with Crippen LogP contribution in [0.5, 0.6) is 0 Å². The second-order valence-electron chi connectivity index (χ2n) is 10.7. The summed E-state index contributed by atoms with van der Waals surface area (Å²) < 4.78 is 2.15. The third kappa shape index (κ3) is 5.30. The summed E-state index contributed by atoms with van der Waals surface area (Å²) in [6.07, 6.45) is 9.87. The van der Waals surface area contributed by atoms with Crippen molar-refractivity contribution < 1.29 is 0 Å². The van der Waals surface area contributed by atoms with E-state index in [1.54, 1.807) is 0 Å². The fourth-order valence-electron chi connectivity index (χ4n) is 4.47. The van der Waals surface area contributed by atoms with Crippen molar-refractivity contribution in [1.82, 2.24) is 24.6 Å². The summed E-state index contributed by atoms with van der Waals surface area (Å²) in [5, 5.41) is 5.88. The highest BCUT2D eigenvalue weighted by Gasteiger charge is 2.28. The van der Waals surface area contributed by atoms with Crippen molar-refractivity contribution in [3.8, 4) is 0 Å². The zero-order chi connectivity index (χ0) is 22.1. The molecule has 0 N–H and O–H groups in total. The second-order valence-corrected chi connectivity index (χ2v) is 11.9. The van der Waals surface area contributed by atoms with Crippen molar-refractivity contribution in [2.45, 2.75) is 81.7 Å². The minimum Gasteiger partial charge on any atom is -0.354 e. The Morgan fingerprint density at radius 2 is 1.81 bits per heavy atom. The molecule has 1 aliphatic heterocycles. The van der Waals surface area contributed by atoms with Crippen molar-refractivity contribution >= 4 is 17.6 Å². The van der Waals surface area contributed by atoms with E-state index in [4.69, 9.17) is 15.1 Å². The maximum absolute atomic E-state index is 5.01. The Labute approximate surface area is 197 Å². The SMILES string of the molecule is CC(C)(C)c1nc(C2CCC2)cc(N2CCN(CCCSc3ccn(C4CC4)n3)CC2)n1. The molecule has 0 bridgehead atoms. The summed E-state index contributed by atoms with van der Waals surface area (Å²) in [6.45, 7) is 12.2. The van der Waals surface area contributed by atoms with Crippen molar-refractivity contribution in [3.63, 3.8) is 0 Å². The highest BCUT2D eigenvalue weighted by atomic mass is 32.2. The number of thioether (sulfide) groups is 1. The molecular formula is C25H38N6S. The lowest BCUT2D eigenvalue weighted by Gasteiger charge is -2.36. The van der Waals surface area contributed by atoms with E-state index in [0.717, 1.165) is 43.6 Å². The molecule has 3 fully saturated rings. The molecule has 32 heavy (non-hydrogen) atoms. The minimum atomic E-state index is -0.0114. The molecule has 5 rings (SSSR count). The molecule has 6 nitrogen and oxygen atoms in total. The average molecular weight is 455 g/mol. The molecule has 0 amide bonds. The third-order valence-electron chi connectivity index (χ3n) is 7.00. The van der Waals surface area contributed by atoms with Crippen LogP contribution in [0.3, 0.4) is 0 Å². The predicted octanol–water partition coefficient (Wildman–Crippen LogP) is 4.88. The molecule has 0 aromatic carbocycles. The van der Waals surface area contributed by atoms with Gasteiger partial charge in [0.2, 0.25) is 0 Å². The van der Waals surface area contributed by atoms with Crippen LogP contribution in [0.15, 0.2) is 23.4 Å². The first-order valence-corrected chi connectivity index (χ1v) is 13.5. The quantitative estimate of drug-likeness (QED) is 0.419. The number of piperazine rings is 1. The van der Waals surface area contributed by atoms with Gasteiger partial charge in [-0.2, -0.15) is 5.10 Å². The summed E-state index contributed by atoms with van der Waals surface area (Å²) >= 11 is 1.90. The lowest BCUT2D eigenvalue weighted by Crippen LogP contribution is -2.47. The first-order valence-electron chi connectivity index (χ1n) is 12.5. The normalized spacial score (nSPS) is 20.5. The van der Waals surface area contributed by atoms with Crippen LogP contribution < -0.4 is 4.90 Å². The van der Waals surface area contributed by atoms with Crippen LogP contribution >= 0.6 is 11.8 Å². The van der Waals surface area contributed by atoms with Gasteiger partial charge in [-0.1, -0.05) is 27.2 Å². The van der Waals surface area contributed by atoms with E-state index in [-0.39, 0.29) is 5.41 Å². The predicted molar refractivity (Wildman–Crippen MR) is 132 cm³/mol. The maximum atomic E-state index is 5.01. The summed E-state index contributed by atoms with van der Waals surface area (Å²) in [5.41, 5.74) is 1.26. The molecule has 0 unspecified atom stereocenters. The van der Waals surface area contributed by atoms with Gasteiger partial charge >= 0.3 is 0 Å². The smallest absolute Gasteiger partial charge is 0.136 e. The van der Waals surface area contributed by atoms with Gasteiger partial charge in [0.15, 0.2) is 0 Å². The largest absolute Gasteiger partial charge is 0.354 e. The Morgan fingerprint density at radius 1 is 1.03 bits per heavy atom. The Bertz CT molecular complexity index is 903. The second kappa shape index (κ2) is 9.34. The summed E-state index contributed by atoms with van der Waals surface area (Å²) in [6, 6.07) is 5.14. The zero-order valence-electron chi connectivity index (χ0n) is 20.0. The number of hydrogen-bond acceptors (Lipinski definition) is 6. The van der Waals surface area contributed by atoms with Crippen molar-refractivity contribution in [3.05, 3.63) is 29.8 Å². The van der Waals surface area contributed by atoms with E-state index < -0.39 is 0 Å². The van der Waals surface area contributed by atoms with E-state index in [1.165, 1.54) is 55.8 Å². The van der Waals surface area contributed by atoms with Crippen LogP contribution in [0.4, 0.5) is 5.82 Å². The van der Waals surface area contributed by atoms with E-state index in [1.807, 2.05) is 11.8 Å². The lowest BCUT2D eigenvalue weighted by atomic mass is 9.82. The molecule has 0 atom stereocenters. The van der Waals surface area contributed by atoms with Gasteiger partial charge in [-0.05, 0) is 44.7 Å². The van der Waals surface area contributed by atoms with Crippen LogP contribution in [0.25, 0.3) is 0 Å². The van der Waals surface area contributed by atoms with Gasteiger partial charge < -0.3 is 4.90 Å². The lowest BCUT2D eigenvalue weighted by molar-refractivity contribution is 0.258. The molecular weight excluding hydrogens is 416 g/mol. The van der Waals surface area contributed by atoms with Crippen molar-refractivity contribution in [1.29, 1.82) is 0 Å².